The third-order valence-corrected chi connectivity index (χ3v) is 9.27. The van der Waals surface area contributed by atoms with Gasteiger partial charge >= 0.3 is 8.80 Å². The molecule has 37 heavy (non-hydrogen) atoms. The van der Waals surface area contributed by atoms with Gasteiger partial charge in [0.15, 0.2) is 5.78 Å². The summed E-state index contributed by atoms with van der Waals surface area (Å²) in [5.41, 5.74) is 2.27. The normalized spacial score (nSPS) is 21.9. The molecule has 2 bridgehead atoms. The molecule has 3 saturated heterocycles. The maximum Gasteiger partial charge on any atom is 0.501 e. The lowest BCUT2D eigenvalue weighted by Crippen LogP contribution is -2.55. The van der Waals surface area contributed by atoms with E-state index in [9.17, 15) is 4.79 Å². The lowest BCUT2D eigenvalue weighted by molar-refractivity contribution is -0.00869. The highest BCUT2D eigenvalue weighted by atomic mass is 28.4. The van der Waals surface area contributed by atoms with Crippen LogP contribution in [-0.4, -0.2) is 73.9 Å². The number of ketones is 1. The number of aromatic nitrogens is 3. The number of carbonyl (C=O) groups is 1. The second kappa shape index (κ2) is 12.4. The number of allylic oxidation sites excluding steroid dienone is 1. The van der Waals surface area contributed by atoms with Crippen molar-refractivity contribution in [3.8, 4) is 5.75 Å². The number of aryl methyl sites for hydroxylation is 1. The number of fused-ring (bicyclic) bond motifs is 6. The minimum absolute atomic E-state index is 0.0777. The van der Waals surface area contributed by atoms with E-state index >= 15 is 0 Å². The number of hydrogen-bond acceptors (Lipinski definition) is 8. The molecule has 10 heteroatoms. The monoisotopic (exact) mass is 520 g/mol. The van der Waals surface area contributed by atoms with Gasteiger partial charge in [0.2, 0.25) is 0 Å². The molecule has 0 atom stereocenters. The molecule has 0 spiro atoms. The van der Waals surface area contributed by atoms with Gasteiger partial charge < -0.3 is 18.0 Å². The Bertz CT molecular complexity index is 1180. The minimum atomic E-state index is -2.62. The van der Waals surface area contributed by atoms with E-state index in [-0.39, 0.29) is 12.4 Å². The third kappa shape index (κ3) is 7.21. The van der Waals surface area contributed by atoms with Crippen molar-refractivity contribution < 1.29 is 22.8 Å². The van der Waals surface area contributed by atoms with Crippen molar-refractivity contribution in [3.05, 3.63) is 83.7 Å². The van der Waals surface area contributed by atoms with Gasteiger partial charge in [-0.2, -0.15) is 0 Å². The van der Waals surface area contributed by atoms with Crippen molar-refractivity contribution in [2.75, 3.05) is 39.5 Å². The van der Waals surface area contributed by atoms with Crippen LogP contribution in [0.25, 0.3) is 6.08 Å². The summed E-state index contributed by atoms with van der Waals surface area (Å²) in [6.07, 6.45) is 6.10. The number of hydrogen-bond donors (Lipinski definition) is 0. The van der Waals surface area contributed by atoms with E-state index in [4.69, 9.17) is 18.0 Å². The Morgan fingerprint density at radius 1 is 1.00 bits per heavy atom. The second-order valence-electron chi connectivity index (χ2n) is 9.07. The largest absolute Gasteiger partial charge is 0.501 e. The van der Waals surface area contributed by atoms with Crippen LogP contribution in [-0.2, 0) is 26.4 Å². The SMILES string of the molecule is O=C(/C=C/c1ccccc1)c1cccc(OCc2cn(CCC[Si]34OCCN(CCO3)CCO4)nn2)c1. The second-order valence-corrected chi connectivity index (χ2v) is 11.8. The van der Waals surface area contributed by atoms with Gasteiger partial charge in [0.25, 0.3) is 0 Å². The van der Waals surface area contributed by atoms with Crippen LogP contribution < -0.4 is 4.74 Å². The molecule has 1 aromatic heterocycles. The summed E-state index contributed by atoms with van der Waals surface area (Å²) in [5.74, 6) is 0.531. The average Bonchev–Trinajstić information content (AvgIpc) is 3.35. The van der Waals surface area contributed by atoms with Crippen molar-refractivity contribution in [1.29, 1.82) is 0 Å². The van der Waals surface area contributed by atoms with Crippen LogP contribution in [0.5, 0.6) is 5.75 Å². The van der Waals surface area contributed by atoms with Gasteiger partial charge in [-0.15, -0.1) is 5.10 Å². The Balaban J connectivity index is 1.10. The molecule has 6 rings (SSSR count). The summed E-state index contributed by atoms with van der Waals surface area (Å²) in [6.45, 7) is 5.76. The molecule has 3 aliphatic heterocycles. The predicted octanol–water partition coefficient (Wildman–Crippen LogP) is 3.46. The summed E-state index contributed by atoms with van der Waals surface area (Å²) < 4.78 is 26.0. The summed E-state index contributed by atoms with van der Waals surface area (Å²) in [5, 5.41) is 8.46. The summed E-state index contributed by atoms with van der Waals surface area (Å²) in [4.78, 5) is 14.9. The standard InChI is InChI=1S/C27H32N4O5Si/c32-27(11-10-23-6-2-1-3-7-23)24-8-4-9-26(20-24)33-22-25-21-31(29-28-25)12-5-19-37-34-16-13-30(14-17-35-37)15-18-36-37/h1-4,6-11,20-21H,5,12-19,22H2/b11-10+. The van der Waals surface area contributed by atoms with Crippen LogP contribution in [0.3, 0.4) is 0 Å². The zero-order chi connectivity index (χ0) is 25.3. The quantitative estimate of drug-likeness (QED) is 0.228. The van der Waals surface area contributed by atoms with E-state index in [0.29, 0.717) is 37.7 Å². The molecule has 0 amide bonds. The smallest absolute Gasteiger partial charge is 0.487 e. The number of rotatable bonds is 10. The topological polar surface area (TPSA) is 87.9 Å². The van der Waals surface area contributed by atoms with Gasteiger partial charge in [0.05, 0.1) is 26.0 Å². The molecule has 0 unspecified atom stereocenters. The van der Waals surface area contributed by atoms with E-state index in [1.54, 1.807) is 18.2 Å². The lowest BCUT2D eigenvalue weighted by Gasteiger charge is -2.38. The fourth-order valence-electron chi connectivity index (χ4n) is 4.37. The number of benzene rings is 2. The highest BCUT2D eigenvalue weighted by Crippen LogP contribution is 2.22. The Morgan fingerprint density at radius 2 is 1.76 bits per heavy atom. The van der Waals surface area contributed by atoms with Gasteiger partial charge in [-0.05, 0) is 30.2 Å². The molecule has 3 aromatic rings. The van der Waals surface area contributed by atoms with Crippen molar-refractivity contribution >= 4 is 20.7 Å². The molecule has 0 aliphatic carbocycles. The first-order chi connectivity index (χ1) is 18.2. The molecule has 2 aromatic carbocycles. The van der Waals surface area contributed by atoms with Crippen LogP contribution in [0, 0.1) is 0 Å². The lowest BCUT2D eigenvalue weighted by atomic mass is 10.1. The summed E-state index contributed by atoms with van der Waals surface area (Å²) in [7, 11) is -2.62. The number of carbonyl (C=O) groups excluding carboxylic acids is 1. The summed E-state index contributed by atoms with van der Waals surface area (Å²) >= 11 is 0. The molecular weight excluding hydrogens is 488 g/mol. The number of nitrogens with zero attached hydrogens (tertiary/aromatic N) is 4. The van der Waals surface area contributed by atoms with Crippen molar-refractivity contribution in [1.82, 2.24) is 19.9 Å². The third-order valence-electron chi connectivity index (χ3n) is 6.38. The first kappa shape index (κ1) is 25.5. The fourth-order valence-corrected chi connectivity index (χ4v) is 6.85. The van der Waals surface area contributed by atoms with E-state index in [2.05, 4.69) is 15.2 Å². The van der Waals surface area contributed by atoms with Crippen LogP contribution in [0.2, 0.25) is 6.04 Å². The van der Waals surface area contributed by atoms with E-state index < -0.39 is 8.80 Å². The Labute approximate surface area is 218 Å². The van der Waals surface area contributed by atoms with Gasteiger partial charge in [-0.3, -0.25) is 14.4 Å². The Hall–Kier alpha value is -3.15. The highest BCUT2D eigenvalue weighted by molar-refractivity contribution is 6.60. The van der Waals surface area contributed by atoms with Crippen LogP contribution in [0.1, 0.15) is 28.0 Å². The molecule has 4 heterocycles. The van der Waals surface area contributed by atoms with Crippen LogP contribution >= 0.6 is 0 Å². The maximum absolute atomic E-state index is 12.6. The summed E-state index contributed by atoms with van der Waals surface area (Å²) in [6, 6.07) is 17.7. The molecule has 194 valence electrons. The molecular formula is C27H32N4O5Si. The minimum Gasteiger partial charge on any atom is -0.487 e. The van der Waals surface area contributed by atoms with Crippen molar-refractivity contribution in [3.63, 3.8) is 0 Å². The van der Waals surface area contributed by atoms with Crippen LogP contribution in [0.4, 0.5) is 0 Å². The molecule has 0 radical (unpaired) electrons. The van der Waals surface area contributed by atoms with E-state index in [0.717, 1.165) is 43.4 Å². The van der Waals surface area contributed by atoms with Crippen LogP contribution in [0.15, 0.2) is 66.9 Å². The van der Waals surface area contributed by atoms with E-state index in [1.165, 1.54) is 0 Å². The van der Waals surface area contributed by atoms with E-state index in [1.807, 2.05) is 59.4 Å². The molecule has 0 N–H and O–H groups in total. The first-order valence-corrected chi connectivity index (χ1v) is 14.6. The van der Waals surface area contributed by atoms with Gasteiger partial charge in [0.1, 0.15) is 18.1 Å². The molecule has 3 fully saturated rings. The fraction of sp³-hybridized carbons (Fsp3) is 0.370. The van der Waals surface area contributed by atoms with Crippen molar-refractivity contribution in [2.45, 2.75) is 25.6 Å². The van der Waals surface area contributed by atoms with Crippen molar-refractivity contribution in [2.24, 2.45) is 0 Å². The molecule has 0 saturated carbocycles. The van der Waals surface area contributed by atoms with Gasteiger partial charge in [-0.1, -0.05) is 53.8 Å². The first-order valence-electron chi connectivity index (χ1n) is 12.7. The zero-order valence-corrected chi connectivity index (χ0v) is 21.8. The molecule has 3 aliphatic rings. The Morgan fingerprint density at radius 3 is 2.51 bits per heavy atom. The average molecular weight is 521 g/mol. The predicted molar refractivity (Wildman–Crippen MR) is 140 cm³/mol. The zero-order valence-electron chi connectivity index (χ0n) is 20.8. The maximum atomic E-state index is 12.6. The Kier molecular flexibility index (Phi) is 8.54. The highest BCUT2D eigenvalue weighted by Gasteiger charge is 2.43. The number of ether oxygens (including phenoxy) is 1. The van der Waals surface area contributed by atoms with Gasteiger partial charge in [-0.25, -0.2) is 0 Å². The molecule has 9 nitrogen and oxygen atoms in total. The van der Waals surface area contributed by atoms with Gasteiger partial charge in [0, 0.05) is 37.8 Å².